The lowest BCUT2D eigenvalue weighted by Gasteiger charge is -2.10. The number of halogens is 3. The molecule has 0 saturated heterocycles. The van der Waals surface area contributed by atoms with E-state index in [1.165, 1.54) is 11.8 Å². The highest BCUT2D eigenvalue weighted by Gasteiger charge is 2.15. The molecule has 1 unspecified atom stereocenters. The Morgan fingerprint density at radius 3 is 2.62 bits per heavy atom. The molecule has 2 rings (SSSR count). The maximum atomic E-state index is 12.0. The fourth-order valence-electron chi connectivity index (χ4n) is 2.02. The first-order valence-corrected chi connectivity index (χ1v) is 9.27. The molecule has 0 fully saturated rings. The van der Waals surface area contributed by atoms with Crippen LogP contribution in [0.25, 0.3) is 11.3 Å². The third-order valence-corrected chi connectivity index (χ3v) is 4.79. The monoisotopic (exact) mass is 439 g/mol. The van der Waals surface area contributed by atoms with Crippen LogP contribution in [0.15, 0.2) is 34.9 Å². The van der Waals surface area contributed by atoms with Gasteiger partial charge in [0.15, 0.2) is 5.76 Å². The molecule has 2 N–H and O–H groups in total. The summed E-state index contributed by atoms with van der Waals surface area (Å²) in [5.74, 6) is 1.91. The Kier molecular flexibility index (Phi) is 12.8. The molecule has 1 aromatic heterocycles. The predicted octanol–water partition coefficient (Wildman–Crippen LogP) is 4.19. The number of carbonyl (C=O) groups is 1. The fourth-order valence-corrected chi connectivity index (χ4v) is 2.90. The van der Waals surface area contributed by atoms with Gasteiger partial charge in [-0.1, -0.05) is 11.6 Å². The van der Waals surface area contributed by atoms with Crippen LogP contribution in [-0.4, -0.2) is 36.3 Å². The topological polar surface area (TPSA) is 67.2 Å². The SMILES string of the molecule is CNCCCNC(=O)C(C)SCc1ncc(-c2ccc(Cl)cc2)o1.Cl.Cl. The summed E-state index contributed by atoms with van der Waals surface area (Å²) in [7, 11) is 1.90. The van der Waals surface area contributed by atoms with Crippen molar-refractivity contribution in [1.82, 2.24) is 15.6 Å². The second-order valence-electron chi connectivity index (χ2n) is 5.33. The average molecular weight is 441 g/mol. The van der Waals surface area contributed by atoms with Crippen LogP contribution in [-0.2, 0) is 10.5 Å². The first kappa shape index (κ1) is 25.1. The molecule has 1 heterocycles. The molecule has 0 aliphatic carbocycles. The third-order valence-electron chi connectivity index (χ3n) is 3.41. The number of rotatable bonds is 9. The zero-order chi connectivity index (χ0) is 17.4. The van der Waals surface area contributed by atoms with Crippen molar-refractivity contribution in [1.29, 1.82) is 0 Å². The van der Waals surface area contributed by atoms with Crippen LogP contribution in [0.3, 0.4) is 0 Å². The Labute approximate surface area is 175 Å². The third kappa shape index (κ3) is 8.18. The van der Waals surface area contributed by atoms with Gasteiger partial charge in [0.2, 0.25) is 11.8 Å². The molecule has 0 aliphatic rings. The van der Waals surface area contributed by atoms with Crippen molar-refractivity contribution in [3.05, 3.63) is 41.4 Å². The number of amides is 1. The van der Waals surface area contributed by atoms with Gasteiger partial charge >= 0.3 is 0 Å². The van der Waals surface area contributed by atoms with E-state index in [9.17, 15) is 4.79 Å². The molecule has 26 heavy (non-hydrogen) atoms. The first-order valence-electron chi connectivity index (χ1n) is 7.84. The molecule has 9 heteroatoms. The van der Waals surface area contributed by atoms with Gasteiger partial charge in [0.05, 0.1) is 17.2 Å². The maximum Gasteiger partial charge on any atom is 0.232 e. The normalized spacial score (nSPS) is 11.2. The van der Waals surface area contributed by atoms with Crippen molar-refractivity contribution >= 4 is 54.1 Å². The van der Waals surface area contributed by atoms with Crippen molar-refractivity contribution in [3.63, 3.8) is 0 Å². The highest BCUT2D eigenvalue weighted by atomic mass is 35.5. The van der Waals surface area contributed by atoms with E-state index in [2.05, 4.69) is 15.6 Å². The standard InChI is InChI=1S/C17H22ClN3O2S.2ClH/c1-12(17(22)20-9-3-8-19-2)24-11-16-21-10-15(23-16)13-4-6-14(18)7-5-13;;/h4-7,10,12,19H,3,8-9,11H2,1-2H3,(H,20,22);2*1H. The van der Waals surface area contributed by atoms with E-state index < -0.39 is 0 Å². The van der Waals surface area contributed by atoms with E-state index in [-0.39, 0.29) is 36.0 Å². The molecule has 0 spiro atoms. The van der Waals surface area contributed by atoms with Gasteiger partial charge in [0.1, 0.15) is 0 Å². The van der Waals surface area contributed by atoms with Crippen molar-refractivity contribution in [2.45, 2.75) is 24.3 Å². The van der Waals surface area contributed by atoms with E-state index >= 15 is 0 Å². The van der Waals surface area contributed by atoms with Gasteiger partial charge in [-0.15, -0.1) is 36.6 Å². The molecule has 5 nitrogen and oxygen atoms in total. The minimum Gasteiger partial charge on any atom is -0.440 e. The Hall–Kier alpha value is -0.920. The summed E-state index contributed by atoms with van der Waals surface area (Å²) >= 11 is 7.39. The maximum absolute atomic E-state index is 12.0. The Morgan fingerprint density at radius 2 is 1.96 bits per heavy atom. The van der Waals surface area contributed by atoms with E-state index in [0.717, 1.165) is 18.5 Å². The largest absolute Gasteiger partial charge is 0.440 e. The second-order valence-corrected chi connectivity index (χ2v) is 7.09. The smallest absolute Gasteiger partial charge is 0.232 e. The number of benzene rings is 1. The fraction of sp³-hybridized carbons (Fsp3) is 0.412. The number of nitrogens with one attached hydrogen (secondary N) is 2. The van der Waals surface area contributed by atoms with E-state index in [1.807, 2.05) is 38.2 Å². The minimum atomic E-state index is -0.148. The minimum absolute atomic E-state index is 0. The molecule has 0 aliphatic heterocycles. The number of oxazole rings is 1. The predicted molar refractivity (Wildman–Crippen MR) is 114 cm³/mol. The van der Waals surface area contributed by atoms with Gasteiger partial charge in [-0.2, -0.15) is 0 Å². The molecule has 146 valence electrons. The molecule has 0 bridgehead atoms. The van der Waals surface area contributed by atoms with Gasteiger partial charge in [-0.05, 0) is 51.2 Å². The average Bonchev–Trinajstić information content (AvgIpc) is 3.06. The van der Waals surface area contributed by atoms with Crippen LogP contribution < -0.4 is 10.6 Å². The van der Waals surface area contributed by atoms with Gasteiger partial charge < -0.3 is 15.1 Å². The summed E-state index contributed by atoms with van der Waals surface area (Å²) in [4.78, 5) is 16.2. The molecule has 1 amide bonds. The lowest BCUT2D eigenvalue weighted by Crippen LogP contribution is -2.32. The molecule has 1 aromatic carbocycles. The van der Waals surface area contributed by atoms with Crippen LogP contribution in [0, 0.1) is 0 Å². The summed E-state index contributed by atoms with van der Waals surface area (Å²) in [6.07, 6.45) is 2.62. The number of hydrogen-bond acceptors (Lipinski definition) is 5. The number of nitrogens with zero attached hydrogens (tertiary/aromatic N) is 1. The molecule has 0 saturated carbocycles. The summed E-state index contributed by atoms with van der Waals surface area (Å²) in [6.45, 7) is 3.47. The summed E-state index contributed by atoms with van der Waals surface area (Å²) in [6, 6.07) is 7.41. The van der Waals surface area contributed by atoms with Crippen LogP contribution in [0.4, 0.5) is 0 Å². The van der Waals surface area contributed by atoms with Crippen molar-refractivity contribution in [2.75, 3.05) is 20.1 Å². The van der Waals surface area contributed by atoms with Crippen LogP contribution in [0.1, 0.15) is 19.2 Å². The van der Waals surface area contributed by atoms with Gasteiger partial charge in [0.25, 0.3) is 0 Å². The molecular weight excluding hydrogens is 417 g/mol. The van der Waals surface area contributed by atoms with Crippen molar-refractivity contribution in [2.24, 2.45) is 0 Å². The van der Waals surface area contributed by atoms with Crippen molar-refractivity contribution < 1.29 is 9.21 Å². The van der Waals surface area contributed by atoms with Crippen LogP contribution in [0.5, 0.6) is 0 Å². The summed E-state index contributed by atoms with van der Waals surface area (Å²) in [5, 5.41) is 6.51. The highest BCUT2D eigenvalue weighted by molar-refractivity contribution is 7.99. The lowest BCUT2D eigenvalue weighted by atomic mass is 10.2. The lowest BCUT2D eigenvalue weighted by molar-refractivity contribution is -0.120. The van der Waals surface area contributed by atoms with Gasteiger partial charge in [-0.3, -0.25) is 4.79 Å². The molecular formula is C17H24Cl3N3O2S. The number of hydrogen-bond donors (Lipinski definition) is 2. The Balaban J connectivity index is 0.00000312. The van der Waals surface area contributed by atoms with Gasteiger partial charge in [-0.25, -0.2) is 4.98 Å². The molecule has 1 atom stereocenters. The molecule has 0 radical (unpaired) electrons. The summed E-state index contributed by atoms with van der Waals surface area (Å²) < 4.78 is 5.74. The van der Waals surface area contributed by atoms with E-state index in [4.69, 9.17) is 16.0 Å². The van der Waals surface area contributed by atoms with Crippen LogP contribution >= 0.6 is 48.2 Å². The molecule has 2 aromatic rings. The van der Waals surface area contributed by atoms with Crippen molar-refractivity contribution in [3.8, 4) is 11.3 Å². The number of carbonyl (C=O) groups excluding carboxylic acids is 1. The summed E-state index contributed by atoms with van der Waals surface area (Å²) in [5.41, 5.74) is 0.929. The number of aromatic nitrogens is 1. The first-order chi connectivity index (χ1) is 11.6. The number of thioether (sulfide) groups is 1. The van der Waals surface area contributed by atoms with Gasteiger partial charge in [0, 0.05) is 17.1 Å². The zero-order valence-corrected chi connectivity index (χ0v) is 17.9. The Morgan fingerprint density at radius 1 is 1.27 bits per heavy atom. The zero-order valence-electron chi connectivity index (χ0n) is 14.7. The van der Waals surface area contributed by atoms with E-state index in [0.29, 0.717) is 29.0 Å². The Bertz CT molecular complexity index is 653. The van der Waals surface area contributed by atoms with E-state index in [1.54, 1.807) is 6.20 Å². The highest BCUT2D eigenvalue weighted by Crippen LogP contribution is 2.25. The second kappa shape index (κ2) is 13.3. The quantitative estimate of drug-likeness (QED) is 0.572. The van der Waals surface area contributed by atoms with Crippen LogP contribution in [0.2, 0.25) is 5.02 Å².